The summed E-state index contributed by atoms with van der Waals surface area (Å²) in [6.45, 7) is 0. The molecule has 0 aromatic heterocycles. The summed E-state index contributed by atoms with van der Waals surface area (Å²) in [7, 11) is 0. The number of nitrogens with two attached hydrogens (primary N) is 1. The van der Waals surface area contributed by atoms with Crippen LogP contribution in [0.4, 0.5) is 11.4 Å². The van der Waals surface area contributed by atoms with Gasteiger partial charge in [0.15, 0.2) is 0 Å². The molecule has 1 aliphatic carbocycles. The second kappa shape index (κ2) is 4.65. The number of rotatable bonds is 3. The molecule has 2 unspecified atom stereocenters. The van der Waals surface area contributed by atoms with E-state index in [9.17, 15) is 0 Å². The molecule has 1 fully saturated rings. The first-order valence-electron chi connectivity index (χ1n) is 6.10. The number of halogens is 1. The van der Waals surface area contributed by atoms with Crippen molar-refractivity contribution in [1.29, 1.82) is 0 Å². The van der Waals surface area contributed by atoms with Gasteiger partial charge in [-0.1, -0.05) is 46.3 Å². The second-order valence-electron chi connectivity index (χ2n) is 4.74. The lowest BCUT2D eigenvalue weighted by Gasteiger charge is -2.09. The van der Waals surface area contributed by atoms with Gasteiger partial charge >= 0.3 is 0 Å². The van der Waals surface area contributed by atoms with Gasteiger partial charge in [-0.2, -0.15) is 0 Å². The lowest BCUT2D eigenvalue weighted by atomic mass is 10.1. The largest absolute Gasteiger partial charge is 0.397 e. The Morgan fingerprint density at radius 1 is 1.11 bits per heavy atom. The summed E-state index contributed by atoms with van der Waals surface area (Å²) in [4.78, 5) is 0. The fourth-order valence-electron chi connectivity index (χ4n) is 2.28. The average Bonchev–Trinajstić information content (AvgIpc) is 3.14. The van der Waals surface area contributed by atoms with Crippen molar-refractivity contribution in [1.82, 2.24) is 0 Å². The van der Waals surface area contributed by atoms with Gasteiger partial charge < -0.3 is 11.1 Å². The first kappa shape index (κ1) is 11.6. The van der Waals surface area contributed by atoms with Gasteiger partial charge in [0.25, 0.3) is 0 Å². The van der Waals surface area contributed by atoms with E-state index in [2.05, 4.69) is 51.6 Å². The summed E-state index contributed by atoms with van der Waals surface area (Å²) < 4.78 is 1.05. The topological polar surface area (TPSA) is 38.0 Å². The lowest BCUT2D eigenvalue weighted by molar-refractivity contribution is 1.05. The normalized spacial score (nSPS) is 21.6. The van der Waals surface area contributed by atoms with Gasteiger partial charge in [0, 0.05) is 16.4 Å². The number of anilines is 2. The van der Waals surface area contributed by atoms with E-state index in [0.717, 1.165) is 15.8 Å². The molecule has 0 heterocycles. The Labute approximate surface area is 115 Å². The molecule has 92 valence electrons. The third-order valence-corrected chi connectivity index (χ3v) is 3.87. The zero-order valence-corrected chi connectivity index (χ0v) is 11.5. The Morgan fingerprint density at radius 2 is 1.89 bits per heavy atom. The van der Waals surface area contributed by atoms with Crippen molar-refractivity contribution in [3.8, 4) is 0 Å². The highest BCUT2D eigenvalue weighted by atomic mass is 79.9. The van der Waals surface area contributed by atoms with Crippen molar-refractivity contribution in [2.24, 2.45) is 0 Å². The van der Waals surface area contributed by atoms with Gasteiger partial charge in [-0.05, 0) is 30.2 Å². The van der Waals surface area contributed by atoms with Gasteiger partial charge in [0.2, 0.25) is 0 Å². The molecule has 0 saturated heterocycles. The van der Waals surface area contributed by atoms with Crippen molar-refractivity contribution >= 4 is 27.3 Å². The molecule has 1 aliphatic rings. The summed E-state index contributed by atoms with van der Waals surface area (Å²) >= 11 is 3.47. The van der Waals surface area contributed by atoms with Gasteiger partial charge in [-0.3, -0.25) is 0 Å². The standard InChI is InChI=1S/C15H15BrN2/c16-11-6-7-13(17)15(8-11)18-14-9-12(14)10-4-2-1-3-5-10/h1-8,12,14,18H,9,17H2. The second-order valence-corrected chi connectivity index (χ2v) is 5.65. The minimum atomic E-state index is 0.504. The molecule has 0 radical (unpaired) electrons. The van der Waals surface area contributed by atoms with E-state index in [1.807, 2.05) is 18.2 Å². The van der Waals surface area contributed by atoms with Crippen LogP contribution in [0.25, 0.3) is 0 Å². The molecule has 0 aliphatic heterocycles. The van der Waals surface area contributed by atoms with Gasteiger partial charge in [-0.15, -0.1) is 0 Å². The van der Waals surface area contributed by atoms with E-state index < -0.39 is 0 Å². The fourth-order valence-corrected chi connectivity index (χ4v) is 2.64. The van der Waals surface area contributed by atoms with Crippen molar-refractivity contribution in [3.63, 3.8) is 0 Å². The zero-order valence-electron chi connectivity index (χ0n) is 9.94. The van der Waals surface area contributed by atoms with E-state index in [1.54, 1.807) is 0 Å². The molecule has 0 spiro atoms. The fraction of sp³-hybridized carbons (Fsp3) is 0.200. The summed E-state index contributed by atoms with van der Waals surface area (Å²) in [6, 6.07) is 17.1. The van der Waals surface area contributed by atoms with Crippen molar-refractivity contribution < 1.29 is 0 Å². The predicted octanol–water partition coefficient (Wildman–Crippen LogP) is 4.00. The van der Waals surface area contributed by atoms with E-state index in [4.69, 9.17) is 5.73 Å². The molecule has 3 N–H and O–H groups in total. The van der Waals surface area contributed by atoms with Crippen molar-refractivity contribution in [2.45, 2.75) is 18.4 Å². The highest BCUT2D eigenvalue weighted by Gasteiger charge is 2.38. The molecule has 2 atom stereocenters. The molecule has 0 bridgehead atoms. The predicted molar refractivity (Wildman–Crippen MR) is 79.8 cm³/mol. The maximum Gasteiger partial charge on any atom is 0.0587 e. The molecular formula is C15H15BrN2. The van der Waals surface area contributed by atoms with E-state index >= 15 is 0 Å². The molecule has 0 amide bonds. The molecule has 3 rings (SSSR count). The molecule has 3 heteroatoms. The van der Waals surface area contributed by atoms with Crippen LogP contribution in [0.3, 0.4) is 0 Å². The molecule has 1 saturated carbocycles. The van der Waals surface area contributed by atoms with E-state index in [1.165, 1.54) is 12.0 Å². The quantitative estimate of drug-likeness (QED) is 0.841. The van der Waals surface area contributed by atoms with E-state index in [0.29, 0.717) is 12.0 Å². The van der Waals surface area contributed by atoms with Crippen molar-refractivity contribution in [3.05, 3.63) is 58.6 Å². The van der Waals surface area contributed by atoms with Crippen LogP contribution in [0.15, 0.2) is 53.0 Å². The highest BCUT2D eigenvalue weighted by Crippen LogP contribution is 2.43. The van der Waals surface area contributed by atoms with Crippen LogP contribution >= 0.6 is 15.9 Å². The van der Waals surface area contributed by atoms with E-state index in [-0.39, 0.29) is 0 Å². The van der Waals surface area contributed by atoms with Crippen LogP contribution in [0, 0.1) is 0 Å². The van der Waals surface area contributed by atoms with Crippen LogP contribution in [0.1, 0.15) is 17.9 Å². The maximum absolute atomic E-state index is 5.97. The van der Waals surface area contributed by atoms with Crippen LogP contribution in [0.2, 0.25) is 0 Å². The first-order valence-corrected chi connectivity index (χ1v) is 6.90. The number of nitrogens with one attached hydrogen (secondary N) is 1. The number of nitrogen functional groups attached to an aromatic ring is 1. The molecule has 2 aromatic rings. The minimum Gasteiger partial charge on any atom is -0.397 e. The third-order valence-electron chi connectivity index (χ3n) is 3.37. The SMILES string of the molecule is Nc1ccc(Br)cc1NC1CC1c1ccccc1. The van der Waals surface area contributed by atoms with Gasteiger partial charge in [0.1, 0.15) is 0 Å². The monoisotopic (exact) mass is 302 g/mol. The van der Waals surface area contributed by atoms with Gasteiger partial charge in [-0.25, -0.2) is 0 Å². The number of hydrogen-bond acceptors (Lipinski definition) is 2. The molecule has 2 aromatic carbocycles. The van der Waals surface area contributed by atoms with Crippen LogP contribution in [0.5, 0.6) is 0 Å². The van der Waals surface area contributed by atoms with Crippen LogP contribution in [-0.2, 0) is 0 Å². The lowest BCUT2D eigenvalue weighted by Crippen LogP contribution is -2.06. The van der Waals surface area contributed by atoms with Crippen LogP contribution in [-0.4, -0.2) is 6.04 Å². The Morgan fingerprint density at radius 3 is 2.67 bits per heavy atom. The molecular weight excluding hydrogens is 288 g/mol. The Bertz CT molecular complexity index is 554. The summed E-state index contributed by atoms with van der Waals surface area (Å²) in [5.74, 6) is 0.615. The van der Waals surface area contributed by atoms with Crippen LogP contribution < -0.4 is 11.1 Å². The summed E-state index contributed by atoms with van der Waals surface area (Å²) in [5.41, 5.74) is 9.20. The molecule has 2 nitrogen and oxygen atoms in total. The average molecular weight is 303 g/mol. The number of hydrogen-bond donors (Lipinski definition) is 2. The highest BCUT2D eigenvalue weighted by molar-refractivity contribution is 9.10. The molecule has 18 heavy (non-hydrogen) atoms. The Balaban J connectivity index is 1.71. The van der Waals surface area contributed by atoms with Crippen molar-refractivity contribution in [2.75, 3.05) is 11.1 Å². The third kappa shape index (κ3) is 2.36. The Kier molecular flexibility index (Phi) is 3.00. The maximum atomic E-state index is 5.97. The first-order chi connectivity index (χ1) is 8.74. The smallest absolute Gasteiger partial charge is 0.0587 e. The number of benzene rings is 2. The zero-order chi connectivity index (χ0) is 12.5. The minimum absolute atomic E-state index is 0.504. The Hall–Kier alpha value is -1.48. The summed E-state index contributed by atoms with van der Waals surface area (Å²) in [6.07, 6.45) is 1.18. The van der Waals surface area contributed by atoms with Gasteiger partial charge in [0.05, 0.1) is 11.4 Å². The summed E-state index contributed by atoms with van der Waals surface area (Å²) in [5, 5.41) is 3.52.